The predicted molar refractivity (Wildman–Crippen MR) is 117 cm³/mol. The van der Waals surface area contributed by atoms with Gasteiger partial charge in [-0.1, -0.05) is 36.4 Å². The number of aliphatic hydroxyl groups is 1. The van der Waals surface area contributed by atoms with Crippen molar-refractivity contribution in [1.29, 1.82) is 0 Å². The monoisotopic (exact) mass is 489 g/mol. The van der Waals surface area contributed by atoms with Crippen molar-refractivity contribution >= 4 is 5.91 Å². The van der Waals surface area contributed by atoms with Crippen LogP contribution < -0.4 is 0 Å². The summed E-state index contributed by atoms with van der Waals surface area (Å²) >= 11 is 0. The number of fused-ring (bicyclic) bond motifs is 1. The van der Waals surface area contributed by atoms with Crippen molar-refractivity contribution < 1.29 is 31.9 Å². The third-order valence-corrected chi connectivity index (χ3v) is 6.86. The number of carbonyl (C=O) groups is 1. The molecule has 1 aliphatic heterocycles. The molecule has 0 spiro atoms. The molecule has 1 saturated carbocycles. The number of rotatable bonds is 6. The third-order valence-electron chi connectivity index (χ3n) is 6.86. The second kappa shape index (κ2) is 9.07. The average Bonchev–Trinajstić information content (AvgIpc) is 3.46. The molecule has 184 valence electrons. The fraction of sp³-hybridized carbons (Fsp3) is 0.400. The Hall–Kier alpha value is -3.27. The van der Waals surface area contributed by atoms with Gasteiger partial charge in [-0.3, -0.25) is 4.79 Å². The van der Waals surface area contributed by atoms with Gasteiger partial charge in [0.15, 0.2) is 0 Å². The van der Waals surface area contributed by atoms with Crippen LogP contribution in [0.2, 0.25) is 0 Å². The number of carbonyl (C=O) groups excluding carboxylic acids is 1. The fourth-order valence-electron chi connectivity index (χ4n) is 4.99. The van der Waals surface area contributed by atoms with Gasteiger partial charge in [0.25, 0.3) is 11.8 Å². The van der Waals surface area contributed by atoms with E-state index in [1.165, 1.54) is 6.07 Å². The summed E-state index contributed by atoms with van der Waals surface area (Å²) in [5, 5.41) is 18.3. The zero-order valence-electron chi connectivity index (χ0n) is 18.6. The van der Waals surface area contributed by atoms with E-state index in [1.54, 1.807) is 41.3 Å². The molecule has 3 aromatic rings. The van der Waals surface area contributed by atoms with E-state index in [2.05, 4.69) is 10.2 Å². The molecule has 0 bridgehead atoms. The lowest BCUT2D eigenvalue weighted by atomic mass is 9.79. The molecule has 1 aromatic heterocycles. The normalized spacial score (nSPS) is 19.7. The molecule has 6 nitrogen and oxygen atoms in total. The first kappa shape index (κ1) is 23.5. The maximum atomic E-state index is 13.7. The molecule has 10 heteroatoms. The Morgan fingerprint density at radius 2 is 1.77 bits per heavy atom. The molecule has 0 unspecified atom stereocenters. The molecular formula is C25H23F4N3O3. The zero-order chi connectivity index (χ0) is 24.7. The van der Waals surface area contributed by atoms with E-state index < -0.39 is 30.4 Å². The Morgan fingerprint density at radius 3 is 2.43 bits per heavy atom. The molecule has 0 saturated heterocycles. The molecule has 1 amide bonds. The highest BCUT2D eigenvalue weighted by Crippen LogP contribution is 2.43. The minimum Gasteiger partial charge on any atom is -0.415 e. The van der Waals surface area contributed by atoms with Crippen LogP contribution in [0.5, 0.6) is 0 Å². The van der Waals surface area contributed by atoms with Crippen molar-refractivity contribution in [2.45, 2.75) is 56.7 Å². The second-order valence-corrected chi connectivity index (χ2v) is 9.09. The van der Waals surface area contributed by atoms with E-state index in [-0.39, 0.29) is 49.9 Å². The molecule has 1 N–H and O–H groups in total. The van der Waals surface area contributed by atoms with Gasteiger partial charge in [0.05, 0.1) is 12.1 Å². The standard InChI is InChI=1S/C25H23F4N3O3/c26-21(27)23-31-30-22(35-23)16-6-7-17-13-32(24(34)18(17)12-16)19(14-4-2-1-3-5-14)20(33)15-8-10-25(28,29)11-9-15/h1-7,12,15,19-21,33H,8-11,13H2/t19-,20+/m1/s1. The van der Waals surface area contributed by atoms with Gasteiger partial charge >= 0.3 is 6.43 Å². The maximum Gasteiger partial charge on any atom is 0.314 e. The van der Waals surface area contributed by atoms with Crippen molar-refractivity contribution in [2.24, 2.45) is 5.92 Å². The van der Waals surface area contributed by atoms with Gasteiger partial charge in [0.2, 0.25) is 11.8 Å². The van der Waals surface area contributed by atoms with E-state index in [9.17, 15) is 27.5 Å². The molecular weight excluding hydrogens is 466 g/mol. The Morgan fingerprint density at radius 1 is 1.06 bits per heavy atom. The van der Waals surface area contributed by atoms with Gasteiger partial charge in [-0.2, -0.15) is 8.78 Å². The number of hydrogen-bond acceptors (Lipinski definition) is 5. The molecule has 0 radical (unpaired) electrons. The zero-order valence-corrected chi connectivity index (χ0v) is 18.6. The van der Waals surface area contributed by atoms with Gasteiger partial charge in [0, 0.05) is 30.5 Å². The lowest BCUT2D eigenvalue weighted by Crippen LogP contribution is -2.42. The minimum atomic E-state index is -2.91. The molecule has 2 atom stereocenters. The van der Waals surface area contributed by atoms with Crippen LogP contribution >= 0.6 is 0 Å². The summed E-state index contributed by atoms with van der Waals surface area (Å²) < 4.78 is 58.1. The van der Waals surface area contributed by atoms with Crippen molar-refractivity contribution in [1.82, 2.24) is 15.1 Å². The molecule has 2 heterocycles. The number of halogens is 4. The van der Waals surface area contributed by atoms with Crippen LogP contribution in [0.4, 0.5) is 17.6 Å². The van der Waals surface area contributed by atoms with E-state index >= 15 is 0 Å². The highest BCUT2D eigenvalue weighted by Gasteiger charge is 2.43. The summed E-state index contributed by atoms with van der Waals surface area (Å²) in [4.78, 5) is 15.0. The number of benzene rings is 2. The van der Waals surface area contributed by atoms with Crippen molar-refractivity contribution in [3.63, 3.8) is 0 Å². The van der Waals surface area contributed by atoms with Gasteiger partial charge in [-0.05, 0) is 42.0 Å². The van der Waals surface area contributed by atoms with Crippen LogP contribution in [0.15, 0.2) is 52.9 Å². The summed E-state index contributed by atoms with van der Waals surface area (Å²) in [6, 6.07) is 13.1. The van der Waals surface area contributed by atoms with Gasteiger partial charge < -0.3 is 14.4 Å². The average molecular weight is 489 g/mol. The topological polar surface area (TPSA) is 79.5 Å². The van der Waals surface area contributed by atoms with Crippen LogP contribution in [-0.4, -0.2) is 38.1 Å². The van der Waals surface area contributed by atoms with Crippen LogP contribution in [0.3, 0.4) is 0 Å². The number of nitrogens with zero attached hydrogens (tertiary/aromatic N) is 3. The number of amides is 1. The molecule has 2 aliphatic rings. The molecule has 5 rings (SSSR count). The molecule has 1 fully saturated rings. The van der Waals surface area contributed by atoms with Gasteiger partial charge in [-0.15, -0.1) is 10.2 Å². The number of aliphatic hydroxyl groups excluding tert-OH is 1. The van der Waals surface area contributed by atoms with E-state index in [0.29, 0.717) is 22.3 Å². The van der Waals surface area contributed by atoms with E-state index in [1.807, 2.05) is 6.07 Å². The Kier molecular flexibility index (Phi) is 6.08. The first-order chi connectivity index (χ1) is 16.7. The summed E-state index contributed by atoms with van der Waals surface area (Å²) in [5.74, 6) is -4.40. The first-order valence-electron chi connectivity index (χ1n) is 11.4. The smallest absolute Gasteiger partial charge is 0.314 e. The lowest BCUT2D eigenvalue weighted by molar-refractivity contribution is -0.0739. The van der Waals surface area contributed by atoms with E-state index in [4.69, 9.17) is 4.42 Å². The maximum absolute atomic E-state index is 13.7. The Balaban J connectivity index is 1.44. The van der Waals surface area contributed by atoms with Crippen LogP contribution in [-0.2, 0) is 6.54 Å². The van der Waals surface area contributed by atoms with E-state index in [0.717, 1.165) is 0 Å². The number of alkyl halides is 4. The largest absolute Gasteiger partial charge is 0.415 e. The summed E-state index contributed by atoms with van der Waals surface area (Å²) in [7, 11) is 0. The highest BCUT2D eigenvalue weighted by atomic mass is 19.3. The third kappa shape index (κ3) is 4.54. The molecule has 2 aromatic carbocycles. The minimum absolute atomic E-state index is 0.128. The second-order valence-electron chi connectivity index (χ2n) is 9.09. The highest BCUT2D eigenvalue weighted by molar-refractivity contribution is 5.99. The van der Waals surface area contributed by atoms with Crippen LogP contribution in [0.25, 0.3) is 11.5 Å². The van der Waals surface area contributed by atoms with Gasteiger partial charge in [0.1, 0.15) is 0 Å². The van der Waals surface area contributed by atoms with Gasteiger partial charge in [-0.25, -0.2) is 8.78 Å². The lowest BCUT2D eigenvalue weighted by Gasteiger charge is -2.39. The predicted octanol–water partition coefficient (Wildman–Crippen LogP) is 5.56. The SMILES string of the molecule is O=C1c2cc(-c3nnc(C(F)F)o3)ccc2CN1[C@H](c1ccccc1)[C@@H](O)C1CCC(F)(F)CC1. The fourth-order valence-corrected chi connectivity index (χ4v) is 4.99. The van der Waals surface area contributed by atoms with Crippen molar-refractivity contribution in [3.8, 4) is 11.5 Å². The molecule has 35 heavy (non-hydrogen) atoms. The number of aromatic nitrogens is 2. The van der Waals surface area contributed by atoms with Crippen molar-refractivity contribution in [3.05, 3.63) is 71.1 Å². The van der Waals surface area contributed by atoms with Crippen molar-refractivity contribution in [2.75, 3.05) is 0 Å². The number of hydrogen-bond donors (Lipinski definition) is 1. The first-order valence-corrected chi connectivity index (χ1v) is 11.4. The summed E-state index contributed by atoms with van der Waals surface area (Å²) in [5.41, 5.74) is 2.06. The Labute approximate surface area is 198 Å². The quantitative estimate of drug-likeness (QED) is 0.459. The summed E-state index contributed by atoms with van der Waals surface area (Å²) in [6.07, 6.45) is -4.19. The summed E-state index contributed by atoms with van der Waals surface area (Å²) in [6.45, 7) is 0.208. The van der Waals surface area contributed by atoms with Crippen LogP contribution in [0.1, 0.15) is 65.5 Å². The Bertz CT molecular complexity index is 1210. The molecule has 1 aliphatic carbocycles. The van der Waals surface area contributed by atoms with Crippen LogP contribution in [0, 0.1) is 5.92 Å².